The van der Waals surface area contributed by atoms with Crippen LogP contribution in [0.2, 0.25) is 0 Å². The van der Waals surface area contributed by atoms with Crippen molar-refractivity contribution in [2.75, 3.05) is 19.0 Å². The van der Waals surface area contributed by atoms with Gasteiger partial charge in [-0.1, -0.05) is 18.2 Å². The van der Waals surface area contributed by atoms with Crippen LogP contribution in [-0.4, -0.2) is 48.2 Å². The molecule has 0 aliphatic heterocycles. The average Bonchev–Trinajstić information content (AvgIpc) is 3.38. The first kappa shape index (κ1) is 18.1. The molecule has 150 valence electrons. The van der Waals surface area contributed by atoms with E-state index in [1.807, 2.05) is 28.8 Å². The molecule has 0 aliphatic carbocycles. The molecule has 0 radical (unpaired) electrons. The Balaban J connectivity index is 1.67. The smallest absolute Gasteiger partial charge is 0.214 e. The fourth-order valence-corrected chi connectivity index (χ4v) is 3.43. The Morgan fingerprint density at radius 1 is 1.10 bits per heavy atom. The number of aromatic amines is 1. The van der Waals surface area contributed by atoms with Crippen LogP contribution in [0, 0.1) is 5.95 Å². The van der Waals surface area contributed by atoms with Crippen LogP contribution in [0.5, 0.6) is 0 Å². The number of para-hydroxylation sites is 2. The summed E-state index contributed by atoms with van der Waals surface area (Å²) in [5.41, 5.74) is 2.79. The van der Waals surface area contributed by atoms with Crippen molar-refractivity contribution in [1.82, 2.24) is 34.5 Å². The number of nitrogens with one attached hydrogen (secondary N) is 2. The van der Waals surface area contributed by atoms with Gasteiger partial charge in [-0.05, 0) is 24.3 Å². The Hall–Kier alpha value is -3.92. The molecular formula is C20H17FN8O. The second-order valence-corrected chi connectivity index (χ2v) is 6.59. The van der Waals surface area contributed by atoms with E-state index in [0.717, 1.165) is 11.0 Å². The SMILES string of the molecule is COC[C@H](Nc1ncnc2nc[nH]c12)c1nc2ccccc2n1-c1cccc(F)n1. The molecule has 5 rings (SSSR count). The van der Waals surface area contributed by atoms with Crippen molar-refractivity contribution < 1.29 is 9.13 Å². The number of benzene rings is 1. The Kier molecular flexibility index (Phi) is 4.52. The van der Waals surface area contributed by atoms with Gasteiger partial charge in [0.25, 0.3) is 0 Å². The van der Waals surface area contributed by atoms with Gasteiger partial charge in [-0.25, -0.2) is 24.9 Å². The maximum atomic E-state index is 13.9. The van der Waals surface area contributed by atoms with E-state index in [-0.39, 0.29) is 6.61 Å². The summed E-state index contributed by atoms with van der Waals surface area (Å²) in [7, 11) is 1.61. The summed E-state index contributed by atoms with van der Waals surface area (Å²) in [6, 6.07) is 11.9. The van der Waals surface area contributed by atoms with Gasteiger partial charge in [0.2, 0.25) is 5.95 Å². The Morgan fingerprint density at radius 2 is 2.00 bits per heavy atom. The summed E-state index contributed by atoms with van der Waals surface area (Å²) in [4.78, 5) is 24.5. The van der Waals surface area contributed by atoms with Gasteiger partial charge >= 0.3 is 0 Å². The third-order valence-corrected chi connectivity index (χ3v) is 4.70. The van der Waals surface area contributed by atoms with Crippen LogP contribution in [-0.2, 0) is 4.74 Å². The lowest BCUT2D eigenvalue weighted by Gasteiger charge is -2.19. The van der Waals surface area contributed by atoms with E-state index in [1.54, 1.807) is 25.6 Å². The monoisotopic (exact) mass is 404 g/mol. The second-order valence-electron chi connectivity index (χ2n) is 6.59. The van der Waals surface area contributed by atoms with E-state index in [2.05, 4.69) is 30.2 Å². The highest BCUT2D eigenvalue weighted by atomic mass is 19.1. The number of hydrogen-bond donors (Lipinski definition) is 2. The molecule has 4 heterocycles. The summed E-state index contributed by atoms with van der Waals surface area (Å²) < 4.78 is 21.2. The standard InChI is InChI=1S/C20H17FN8O/c1-30-9-13(26-19-17-18(23-10-22-17)24-11-25-19)20-27-12-5-2-3-6-14(12)29(20)16-8-4-7-15(21)28-16/h2-8,10-11,13H,9H2,1H3,(H2,22,23,24,25,26)/t13-/m0/s1. The van der Waals surface area contributed by atoms with E-state index >= 15 is 0 Å². The van der Waals surface area contributed by atoms with E-state index in [9.17, 15) is 4.39 Å². The van der Waals surface area contributed by atoms with Crippen LogP contribution in [0.3, 0.4) is 0 Å². The van der Waals surface area contributed by atoms with Gasteiger partial charge in [0.1, 0.15) is 29.5 Å². The lowest BCUT2D eigenvalue weighted by molar-refractivity contribution is 0.183. The fourth-order valence-electron chi connectivity index (χ4n) is 3.43. The minimum Gasteiger partial charge on any atom is -0.382 e. The van der Waals surface area contributed by atoms with Crippen LogP contribution in [0.1, 0.15) is 11.9 Å². The summed E-state index contributed by atoms with van der Waals surface area (Å²) in [5, 5.41) is 3.36. The lowest BCUT2D eigenvalue weighted by Crippen LogP contribution is -2.21. The number of methoxy groups -OCH3 is 1. The maximum Gasteiger partial charge on any atom is 0.214 e. The normalized spacial score (nSPS) is 12.5. The molecule has 30 heavy (non-hydrogen) atoms. The topological polar surface area (TPSA) is 106 Å². The first-order chi connectivity index (χ1) is 14.7. The predicted octanol–water partition coefficient (Wildman–Crippen LogP) is 3.03. The van der Waals surface area contributed by atoms with Crippen molar-refractivity contribution in [3.63, 3.8) is 0 Å². The first-order valence-corrected chi connectivity index (χ1v) is 9.24. The molecule has 9 nitrogen and oxygen atoms in total. The van der Waals surface area contributed by atoms with Crippen molar-refractivity contribution in [1.29, 1.82) is 0 Å². The summed E-state index contributed by atoms with van der Waals surface area (Å²) in [6.07, 6.45) is 2.99. The highest BCUT2D eigenvalue weighted by Gasteiger charge is 2.23. The van der Waals surface area contributed by atoms with Gasteiger partial charge < -0.3 is 15.0 Å². The van der Waals surface area contributed by atoms with Crippen LogP contribution in [0.15, 0.2) is 55.1 Å². The molecule has 0 saturated heterocycles. The highest BCUT2D eigenvalue weighted by molar-refractivity contribution is 5.82. The minimum absolute atomic E-state index is 0.290. The van der Waals surface area contributed by atoms with Crippen molar-refractivity contribution in [3.05, 3.63) is 66.9 Å². The van der Waals surface area contributed by atoms with Gasteiger partial charge in [0.15, 0.2) is 11.5 Å². The molecule has 0 amide bonds. The van der Waals surface area contributed by atoms with Crippen LogP contribution < -0.4 is 5.32 Å². The zero-order chi connectivity index (χ0) is 20.5. The molecular weight excluding hydrogens is 387 g/mol. The summed E-state index contributed by atoms with van der Waals surface area (Å²) in [5.74, 6) is 1.03. The number of rotatable bonds is 6. The molecule has 1 aromatic carbocycles. The van der Waals surface area contributed by atoms with Crippen molar-refractivity contribution in [2.24, 2.45) is 0 Å². The molecule has 0 unspecified atom stereocenters. The van der Waals surface area contributed by atoms with Crippen LogP contribution in [0.4, 0.5) is 10.2 Å². The number of pyridine rings is 1. The van der Waals surface area contributed by atoms with E-state index in [4.69, 9.17) is 9.72 Å². The number of halogens is 1. The molecule has 0 bridgehead atoms. The van der Waals surface area contributed by atoms with Crippen molar-refractivity contribution in [3.8, 4) is 5.82 Å². The largest absolute Gasteiger partial charge is 0.382 e. The third-order valence-electron chi connectivity index (χ3n) is 4.70. The predicted molar refractivity (Wildman–Crippen MR) is 109 cm³/mol. The zero-order valence-electron chi connectivity index (χ0n) is 16.0. The Labute approximate surface area is 170 Å². The number of aromatic nitrogens is 7. The molecule has 0 saturated carbocycles. The average molecular weight is 404 g/mol. The van der Waals surface area contributed by atoms with E-state index in [0.29, 0.717) is 28.6 Å². The molecule has 4 aromatic heterocycles. The van der Waals surface area contributed by atoms with Gasteiger partial charge in [-0.3, -0.25) is 4.57 Å². The first-order valence-electron chi connectivity index (χ1n) is 9.24. The number of imidazole rings is 2. The lowest BCUT2D eigenvalue weighted by atomic mass is 10.2. The molecule has 0 spiro atoms. The van der Waals surface area contributed by atoms with Gasteiger partial charge in [-0.2, -0.15) is 4.39 Å². The third kappa shape index (κ3) is 3.12. The number of ether oxygens (including phenoxy) is 1. The van der Waals surface area contributed by atoms with Gasteiger partial charge in [0, 0.05) is 7.11 Å². The molecule has 1 atom stereocenters. The van der Waals surface area contributed by atoms with Gasteiger partial charge in [-0.15, -0.1) is 0 Å². The van der Waals surface area contributed by atoms with Crippen LogP contribution >= 0.6 is 0 Å². The number of fused-ring (bicyclic) bond motifs is 2. The molecule has 0 aliphatic rings. The van der Waals surface area contributed by atoms with Gasteiger partial charge in [0.05, 0.1) is 24.0 Å². The number of nitrogens with zero attached hydrogens (tertiary/aromatic N) is 6. The molecule has 5 aromatic rings. The Bertz CT molecular complexity index is 1330. The second kappa shape index (κ2) is 7.48. The quantitative estimate of drug-likeness (QED) is 0.419. The molecule has 10 heteroatoms. The van der Waals surface area contributed by atoms with Crippen LogP contribution in [0.25, 0.3) is 28.0 Å². The zero-order valence-corrected chi connectivity index (χ0v) is 16.0. The highest BCUT2D eigenvalue weighted by Crippen LogP contribution is 2.28. The Morgan fingerprint density at radius 3 is 2.87 bits per heavy atom. The number of hydrogen-bond acceptors (Lipinski definition) is 7. The fraction of sp³-hybridized carbons (Fsp3) is 0.150. The summed E-state index contributed by atoms with van der Waals surface area (Å²) >= 11 is 0. The van der Waals surface area contributed by atoms with E-state index in [1.165, 1.54) is 12.4 Å². The number of anilines is 1. The molecule has 0 fully saturated rings. The van der Waals surface area contributed by atoms with Crippen molar-refractivity contribution in [2.45, 2.75) is 6.04 Å². The van der Waals surface area contributed by atoms with Crippen molar-refractivity contribution >= 4 is 28.0 Å². The summed E-state index contributed by atoms with van der Waals surface area (Å²) in [6.45, 7) is 0.290. The molecule has 2 N–H and O–H groups in total. The van der Waals surface area contributed by atoms with E-state index < -0.39 is 12.0 Å². The minimum atomic E-state index is -0.567. The maximum absolute atomic E-state index is 13.9. The number of H-pyrrole nitrogens is 1.